The smallest absolute Gasteiger partial charge is 0.213 e. The second-order valence-electron chi connectivity index (χ2n) is 6.31. The topological polar surface area (TPSA) is 34.1 Å². The molecular weight excluding hydrogens is 331 g/mol. The quantitative estimate of drug-likeness (QED) is 0.870. The highest BCUT2D eigenvalue weighted by atomic mass is 35.5. The Hall–Kier alpha value is -1.03. The third-order valence-corrected chi connectivity index (χ3v) is 5.34. The van der Waals surface area contributed by atoms with Gasteiger partial charge in [0.05, 0.1) is 5.02 Å². The van der Waals surface area contributed by atoms with Crippen LogP contribution < -0.4 is 10.1 Å². The summed E-state index contributed by atoms with van der Waals surface area (Å²) in [5.74, 6) is 2.19. The molecule has 4 atom stereocenters. The third kappa shape index (κ3) is 4.28. The van der Waals surface area contributed by atoms with Crippen molar-refractivity contribution in [1.82, 2.24) is 10.3 Å². The number of hydrogen-bond acceptors (Lipinski definition) is 3. The fourth-order valence-corrected chi connectivity index (χ4v) is 3.87. The molecule has 3 nitrogen and oxygen atoms in total. The average molecular weight is 353 g/mol. The van der Waals surface area contributed by atoms with Crippen LogP contribution in [-0.4, -0.2) is 24.2 Å². The van der Waals surface area contributed by atoms with E-state index in [1.807, 2.05) is 18.2 Å². The van der Waals surface area contributed by atoms with Crippen molar-refractivity contribution in [3.8, 4) is 5.88 Å². The van der Waals surface area contributed by atoms with Gasteiger partial charge in [-0.2, -0.15) is 0 Å². The fourth-order valence-electron chi connectivity index (χ4n) is 3.59. The number of ether oxygens (including phenoxy) is 1. The molecule has 5 heteroatoms. The Morgan fingerprint density at radius 3 is 2.91 bits per heavy atom. The van der Waals surface area contributed by atoms with Gasteiger partial charge in [-0.1, -0.05) is 35.4 Å². The molecule has 1 aromatic heterocycles. The van der Waals surface area contributed by atoms with Crippen LogP contribution in [0.15, 0.2) is 41.6 Å². The highest BCUT2D eigenvalue weighted by molar-refractivity contribution is 6.31. The Morgan fingerprint density at radius 2 is 2.22 bits per heavy atom. The second-order valence-corrected chi connectivity index (χ2v) is 7.18. The maximum absolute atomic E-state index is 6.09. The molecule has 0 amide bonds. The minimum Gasteiger partial charge on any atom is -0.474 e. The van der Waals surface area contributed by atoms with Crippen molar-refractivity contribution in [1.29, 1.82) is 0 Å². The van der Waals surface area contributed by atoms with E-state index in [2.05, 4.69) is 29.4 Å². The minimum absolute atomic E-state index is 0.116. The fraction of sp³-hybridized carbons (Fsp3) is 0.500. The minimum atomic E-state index is 0.116. The Morgan fingerprint density at radius 1 is 1.35 bits per heavy atom. The van der Waals surface area contributed by atoms with E-state index in [9.17, 15) is 0 Å². The summed E-state index contributed by atoms with van der Waals surface area (Å²) < 4.78 is 6.09. The van der Waals surface area contributed by atoms with E-state index in [0.717, 1.165) is 31.0 Å². The normalized spacial score (nSPS) is 29.0. The van der Waals surface area contributed by atoms with Crippen molar-refractivity contribution in [2.45, 2.75) is 25.9 Å². The van der Waals surface area contributed by atoms with Crippen LogP contribution >= 0.6 is 23.2 Å². The van der Waals surface area contributed by atoms with E-state index in [0.29, 0.717) is 28.7 Å². The monoisotopic (exact) mass is 352 g/mol. The molecule has 1 aromatic rings. The number of halogens is 2. The number of nitrogens with zero attached hydrogens (tertiary/aromatic N) is 1. The first kappa shape index (κ1) is 16.8. The number of pyridine rings is 1. The summed E-state index contributed by atoms with van der Waals surface area (Å²) in [6.07, 6.45) is 10.2. The van der Waals surface area contributed by atoms with Crippen molar-refractivity contribution >= 4 is 23.2 Å². The second kappa shape index (κ2) is 7.69. The van der Waals surface area contributed by atoms with Crippen molar-refractivity contribution in [2.75, 3.05) is 13.1 Å². The average Bonchev–Trinajstić information content (AvgIpc) is 2.58. The number of nitrogens with one attached hydrogen (secondary N) is 1. The van der Waals surface area contributed by atoms with Gasteiger partial charge in [0, 0.05) is 23.2 Å². The zero-order chi connectivity index (χ0) is 16.2. The van der Waals surface area contributed by atoms with Gasteiger partial charge in [-0.15, -0.1) is 0 Å². The van der Waals surface area contributed by atoms with Gasteiger partial charge in [0.25, 0.3) is 0 Å². The molecule has 2 heterocycles. The van der Waals surface area contributed by atoms with Gasteiger partial charge < -0.3 is 10.1 Å². The molecule has 23 heavy (non-hydrogen) atoms. The summed E-state index contributed by atoms with van der Waals surface area (Å²) in [6.45, 7) is 4.21. The van der Waals surface area contributed by atoms with E-state index < -0.39 is 0 Å². The summed E-state index contributed by atoms with van der Waals surface area (Å²) in [5.41, 5.74) is 0. The summed E-state index contributed by atoms with van der Waals surface area (Å²) in [6, 6.07) is 3.64. The lowest BCUT2D eigenvalue weighted by Gasteiger charge is -2.39. The van der Waals surface area contributed by atoms with Crippen LogP contribution in [0.4, 0.5) is 0 Å². The first-order valence-corrected chi connectivity index (χ1v) is 8.92. The molecule has 0 bridgehead atoms. The van der Waals surface area contributed by atoms with Crippen LogP contribution in [0.25, 0.3) is 0 Å². The summed E-state index contributed by atoms with van der Waals surface area (Å²) in [4.78, 5) is 4.25. The number of hydrogen-bond donors (Lipinski definition) is 1. The van der Waals surface area contributed by atoms with Gasteiger partial charge in [-0.25, -0.2) is 4.98 Å². The Labute approximate surface area is 147 Å². The van der Waals surface area contributed by atoms with Crippen LogP contribution in [0.2, 0.25) is 5.02 Å². The van der Waals surface area contributed by atoms with Crippen LogP contribution in [0.1, 0.15) is 19.8 Å². The Kier molecular flexibility index (Phi) is 5.62. The molecule has 1 N–H and O–H groups in total. The van der Waals surface area contributed by atoms with Gasteiger partial charge in [0.1, 0.15) is 6.10 Å². The molecule has 1 aliphatic heterocycles. The van der Waals surface area contributed by atoms with Gasteiger partial charge in [0.2, 0.25) is 5.88 Å². The first-order chi connectivity index (χ1) is 11.1. The van der Waals surface area contributed by atoms with Gasteiger partial charge in [-0.3, -0.25) is 0 Å². The van der Waals surface area contributed by atoms with Crippen LogP contribution in [0.3, 0.4) is 0 Å². The summed E-state index contributed by atoms with van der Waals surface area (Å²) in [5, 5.41) is 4.99. The molecule has 0 saturated carbocycles. The first-order valence-electron chi connectivity index (χ1n) is 8.16. The lowest BCUT2D eigenvalue weighted by atomic mass is 9.73. The largest absolute Gasteiger partial charge is 0.474 e. The number of aromatic nitrogens is 1. The van der Waals surface area contributed by atoms with Crippen molar-refractivity contribution in [3.63, 3.8) is 0 Å². The molecule has 1 saturated heterocycles. The lowest BCUT2D eigenvalue weighted by molar-refractivity contribution is 0.0658. The predicted octanol–water partition coefficient (Wildman–Crippen LogP) is 4.43. The lowest BCUT2D eigenvalue weighted by Crippen LogP contribution is -2.45. The van der Waals surface area contributed by atoms with E-state index >= 15 is 0 Å². The molecule has 1 unspecified atom stereocenters. The molecule has 0 spiro atoms. The summed E-state index contributed by atoms with van der Waals surface area (Å²) >= 11 is 11.9. The standard InChI is InChI=1S/C18H22Cl2N2O/c1-12(23-18-7-6-15(20)10-22-18)16-8-9-21-11-17(16)13-2-4-14(19)5-3-13/h2,4-7,10,12-13,16-17,21H,3,8-9,11H2,1H3/t12-,13?,16-,17-/m1/s1. The van der Waals surface area contributed by atoms with Gasteiger partial charge >= 0.3 is 0 Å². The molecule has 0 radical (unpaired) electrons. The Balaban J connectivity index is 1.68. The zero-order valence-electron chi connectivity index (χ0n) is 13.2. The number of piperidine rings is 1. The van der Waals surface area contributed by atoms with Crippen LogP contribution in [-0.2, 0) is 0 Å². The van der Waals surface area contributed by atoms with Crippen LogP contribution in [0, 0.1) is 17.8 Å². The number of allylic oxidation sites excluding steroid dienone is 4. The molecule has 2 aliphatic rings. The van der Waals surface area contributed by atoms with E-state index in [1.54, 1.807) is 6.20 Å². The molecule has 124 valence electrons. The predicted molar refractivity (Wildman–Crippen MR) is 95.0 cm³/mol. The third-order valence-electron chi connectivity index (χ3n) is 4.83. The summed E-state index contributed by atoms with van der Waals surface area (Å²) in [7, 11) is 0. The molecule has 0 aromatic carbocycles. The van der Waals surface area contributed by atoms with Crippen molar-refractivity contribution in [2.24, 2.45) is 17.8 Å². The van der Waals surface area contributed by atoms with Crippen molar-refractivity contribution in [3.05, 3.63) is 46.6 Å². The van der Waals surface area contributed by atoms with E-state index in [-0.39, 0.29) is 6.10 Å². The molecule has 3 rings (SSSR count). The number of rotatable bonds is 4. The van der Waals surface area contributed by atoms with Gasteiger partial charge in [-0.05, 0) is 56.8 Å². The van der Waals surface area contributed by atoms with E-state index in [1.165, 1.54) is 0 Å². The molecular formula is C18H22Cl2N2O. The highest BCUT2D eigenvalue weighted by Crippen LogP contribution is 2.35. The Bertz CT molecular complexity index is 585. The van der Waals surface area contributed by atoms with Gasteiger partial charge in [0.15, 0.2) is 0 Å². The maximum atomic E-state index is 6.09. The molecule has 1 fully saturated rings. The van der Waals surface area contributed by atoms with E-state index in [4.69, 9.17) is 27.9 Å². The van der Waals surface area contributed by atoms with Crippen molar-refractivity contribution < 1.29 is 4.74 Å². The maximum Gasteiger partial charge on any atom is 0.213 e. The SMILES string of the molecule is C[C@@H](Oc1ccc(Cl)cn1)[C@H]1CCNC[C@@H]1C1C=CC(Cl)=CC1. The van der Waals surface area contributed by atoms with Crippen LogP contribution in [0.5, 0.6) is 5.88 Å². The molecule has 1 aliphatic carbocycles. The zero-order valence-corrected chi connectivity index (χ0v) is 14.7. The highest BCUT2D eigenvalue weighted by Gasteiger charge is 2.35.